The number of aliphatic hydroxyl groups excluding tert-OH is 5. The topological polar surface area (TPSA) is 238 Å². The predicted octanol–water partition coefficient (Wildman–Crippen LogP) is -2.70. The lowest BCUT2D eigenvalue weighted by Crippen LogP contribution is -2.64. The Kier molecular flexibility index (Phi) is 10.6. The van der Waals surface area contributed by atoms with Gasteiger partial charge in [-0.15, -0.1) is 0 Å². The van der Waals surface area contributed by atoms with Crippen molar-refractivity contribution in [1.82, 2.24) is 5.32 Å². The fraction of sp³-hybridized carbons (Fsp3) is 0.900. The second-order valence-corrected chi connectivity index (χ2v) is 8.56. The summed E-state index contributed by atoms with van der Waals surface area (Å²) in [5, 5.41) is 57.4. The highest BCUT2D eigenvalue weighted by Crippen LogP contribution is 2.32. The zero-order valence-corrected chi connectivity index (χ0v) is 19.7. The first kappa shape index (κ1) is 28.5. The molecule has 0 aromatic rings. The van der Waals surface area contributed by atoms with Gasteiger partial charge in [-0.1, -0.05) is 5.11 Å². The minimum absolute atomic E-state index is 0.0176. The third kappa shape index (κ3) is 7.01. The molecule has 0 aromatic heterocycles. The summed E-state index contributed by atoms with van der Waals surface area (Å²) in [6, 6.07) is -0.828. The van der Waals surface area contributed by atoms with Crippen LogP contribution in [0.15, 0.2) is 10.1 Å². The Labute approximate surface area is 206 Å². The van der Waals surface area contributed by atoms with Crippen molar-refractivity contribution in [3.05, 3.63) is 10.4 Å². The van der Waals surface area contributed by atoms with Crippen molar-refractivity contribution in [3.8, 4) is 0 Å². The first-order valence-corrected chi connectivity index (χ1v) is 11.6. The molecule has 2 fully saturated rings. The van der Waals surface area contributed by atoms with Gasteiger partial charge in [0.25, 0.3) is 0 Å². The number of nitrogens with zero attached hydrogens (tertiary/aromatic N) is 4. The number of carbonyl (C=O) groups is 1. The average molecular weight is 520 g/mol. The summed E-state index contributed by atoms with van der Waals surface area (Å²) in [7, 11) is 0. The Bertz CT molecular complexity index is 813. The molecule has 0 radical (unpaired) electrons. The standard InChI is InChI=1S/C20H33N5O11/c1-9-24-13-15(29)18(11(8-26)35-19(13)33-9)36-20-17(31)16(30)14(28)10(34-20)7-22-12(27)3-6-32-5-2-4-23-25-21/h10-11,13-20,26,28-31H,2-8H2,1H3,(H,22,27)/t10?,11?,13?,14-,15+,16-,17?,18+,19-,20-/m0/s1. The minimum Gasteiger partial charge on any atom is -0.450 e. The van der Waals surface area contributed by atoms with Gasteiger partial charge in [-0.25, -0.2) is 4.99 Å². The highest BCUT2D eigenvalue weighted by molar-refractivity contribution is 5.76. The van der Waals surface area contributed by atoms with Crippen molar-refractivity contribution in [2.45, 2.75) is 81.1 Å². The first-order valence-electron chi connectivity index (χ1n) is 11.6. The quantitative estimate of drug-likeness (QED) is 0.0671. The SMILES string of the molecule is CC1=NC2[C@@H](O1)OC(CO)[C@@H](O[C@@H]1OC(CNC(=O)CCOCCCN=[N+]=[N-])[C@H](O)[C@H](O)C1O)[C@@H]2O. The van der Waals surface area contributed by atoms with Crippen LogP contribution in [0, 0.1) is 0 Å². The first-order chi connectivity index (χ1) is 17.3. The smallest absolute Gasteiger partial charge is 0.227 e. The van der Waals surface area contributed by atoms with E-state index in [1.807, 2.05) is 0 Å². The van der Waals surface area contributed by atoms with Crippen molar-refractivity contribution in [1.29, 1.82) is 0 Å². The summed E-state index contributed by atoms with van der Waals surface area (Å²) in [5.41, 5.74) is 8.20. The number of rotatable bonds is 12. The van der Waals surface area contributed by atoms with E-state index in [1.165, 1.54) is 0 Å². The molecule has 0 saturated carbocycles. The van der Waals surface area contributed by atoms with Crippen LogP contribution < -0.4 is 5.32 Å². The summed E-state index contributed by atoms with van der Waals surface area (Å²) in [6.45, 7) is 1.57. The van der Waals surface area contributed by atoms with Crippen LogP contribution >= 0.6 is 0 Å². The van der Waals surface area contributed by atoms with Gasteiger partial charge in [-0.05, 0) is 12.0 Å². The molecule has 6 N–H and O–H groups in total. The Balaban J connectivity index is 1.51. The van der Waals surface area contributed by atoms with Gasteiger partial charge in [0.2, 0.25) is 12.2 Å². The fourth-order valence-electron chi connectivity index (χ4n) is 4.07. The van der Waals surface area contributed by atoms with Gasteiger partial charge in [-0.2, -0.15) is 0 Å². The number of nitrogens with one attached hydrogen (secondary N) is 1. The van der Waals surface area contributed by atoms with Crippen molar-refractivity contribution < 1.29 is 54.0 Å². The molecule has 36 heavy (non-hydrogen) atoms. The fourth-order valence-corrected chi connectivity index (χ4v) is 4.07. The molecular weight excluding hydrogens is 486 g/mol. The predicted molar refractivity (Wildman–Crippen MR) is 118 cm³/mol. The second kappa shape index (κ2) is 13.4. The van der Waals surface area contributed by atoms with Crippen molar-refractivity contribution in [2.24, 2.45) is 10.1 Å². The lowest BCUT2D eigenvalue weighted by atomic mass is 9.96. The van der Waals surface area contributed by atoms with Gasteiger partial charge >= 0.3 is 0 Å². The van der Waals surface area contributed by atoms with Crippen LogP contribution in [0.2, 0.25) is 0 Å². The molecule has 16 heteroatoms. The van der Waals surface area contributed by atoms with E-state index in [-0.39, 0.29) is 19.6 Å². The molecule has 16 nitrogen and oxygen atoms in total. The minimum atomic E-state index is -1.69. The molecule has 3 rings (SSSR count). The van der Waals surface area contributed by atoms with Crippen LogP contribution in [0.5, 0.6) is 0 Å². The molecule has 3 heterocycles. The molecule has 2 saturated heterocycles. The van der Waals surface area contributed by atoms with Gasteiger partial charge in [0, 0.05) is 38.0 Å². The largest absolute Gasteiger partial charge is 0.450 e. The van der Waals surface area contributed by atoms with Crippen molar-refractivity contribution in [2.75, 3.05) is 32.9 Å². The van der Waals surface area contributed by atoms with Gasteiger partial charge < -0.3 is 54.5 Å². The van der Waals surface area contributed by atoms with E-state index < -0.39 is 73.9 Å². The summed E-state index contributed by atoms with van der Waals surface area (Å²) in [6.07, 6.45) is -11.5. The summed E-state index contributed by atoms with van der Waals surface area (Å²) >= 11 is 0. The highest BCUT2D eigenvalue weighted by Gasteiger charge is 2.52. The maximum atomic E-state index is 12.1. The molecular formula is C20H33N5O11. The highest BCUT2D eigenvalue weighted by atomic mass is 16.7. The van der Waals surface area contributed by atoms with E-state index in [0.717, 1.165) is 0 Å². The lowest BCUT2D eigenvalue weighted by Gasteiger charge is -2.45. The normalized spacial score (nSPS) is 37.9. The number of hydrogen-bond acceptors (Lipinski definition) is 13. The van der Waals surface area contributed by atoms with E-state index in [4.69, 9.17) is 29.2 Å². The van der Waals surface area contributed by atoms with Crippen molar-refractivity contribution >= 4 is 11.8 Å². The number of hydrogen-bond donors (Lipinski definition) is 6. The Morgan fingerprint density at radius 2 is 1.92 bits per heavy atom. The van der Waals surface area contributed by atoms with E-state index in [9.17, 15) is 30.3 Å². The van der Waals surface area contributed by atoms with Crippen LogP contribution in [0.4, 0.5) is 0 Å². The number of ether oxygens (including phenoxy) is 5. The van der Waals surface area contributed by atoms with Crippen LogP contribution in [0.3, 0.4) is 0 Å². The van der Waals surface area contributed by atoms with Gasteiger partial charge in [0.15, 0.2) is 12.2 Å². The van der Waals surface area contributed by atoms with Crippen LogP contribution in [0.25, 0.3) is 10.4 Å². The average Bonchev–Trinajstić information content (AvgIpc) is 3.24. The number of azide groups is 1. The number of aliphatic hydroxyl groups is 5. The lowest BCUT2D eigenvalue weighted by molar-refractivity contribution is -0.338. The molecule has 0 aromatic carbocycles. The zero-order valence-electron chi connectivity index (χ0n) is 19.7. The molecule has 204 valence electrons. The third-order valence-corrected chi connectivity index (χ3v) is 5.98. The molecule has 1 amide bonds. The molecule has 0 bridgehead atoms. The van der Waals surface area contributed by atoms with Crippen molar-refractivity contribution in [3.63, 3.8) is 0 Å². The monoisotopic (exact) mass is 519 g/mol. The number of carbonyl (C=O) groups excluding carboxylic acids is 1. The zero-order chi connectivity index (χ0) is 26.2. The van der Waals surface area contributed by atoms with Gasteiger partial charge in [0.05, 0.1) is 13.2 Å². The molecule has 10 atom stereocenters. The van der Waals surface area contributed by atoms with E-state index >= 15 is 0 Å². The van der Waals surface area contributed by atoms with Crippen LogP contribution in [0.1, 0.15) is 19.8 Å². The molecule has 4 unspecified atom stereocenters. The Hall–Kier alpha value is -2.11. The number of amides is 1. The summed E-state index contributed by atoms with van der Waals surface area (Å²) in [4.78, 5) is 18.9. The van der Waals surface area contributed by atoms with Gasteiger partial charge in [-0.3, -0.25) is 4.79 Å². The van der Waals surface area contributed by atoms with E-state index in [1.54, 1.807) is 6.92 Å². The Morgan fingerprint density at radius 1 is 1.14 bits per heavy atom. The second-order valence-electron chi connectivity index (χ2n) is 8.56. The van der Waals surface area contributed by atoms with Crippen LogP contribution in [-0.2, 0) is 28.5 Å². The van der Waals surface area contributed by atoms with E-state index in [0.29, 0.717) is 25.5 Å². The van der Waals surface area contributed by atoms with Gasteiger partial charge in [0.1, 0.15) is 48.8 Å². The summed E-state index contributed by atoms with van der Waals surface area (Å²) < 4.78 is 27.6. The number of fused-ring (bicyclic) bond motifs is 1. The van der Waals surface area contributed by atoms with E-state index in [2.05, 4.69) is 20.3 Å². The number of aliphatic imine (C=N–C) groups is 1. The molecule has 3 aliphatic rings. The molecule has 3 aliphatic heterocycles. The molecule has 0 spiro atoms. The maximum absolute atomic E-state index is 12.1. The Morgan fingerprint density at radius 3 is 2.64 bits per heavy atom. The molecule has 0 aliphatic carbocycles. The van der Waals surface area contributed by atoms with Crippen LogP contribution in [-0.4, -0.2) is 132 Å². The maximum Gasteiger partial charge on any atom is 0.227 e. The summed E-state index contributed by atoms with van der Waals surface area (Å²) in [5.74, 6) is -0.112. The third-order valence-electron chi connectivity index (χ3n) is 5.98.